The molecule has 1 saturated carbocycles. The molecular formula is C26H22BrFN8O2. The van der Waals surface area contributed by atoms with E-state index < -0.39 is 5.82 Å². The van der Waals surface area contributed by atoms with E-state index in [1.165, 1.54) is 10.6 Å². The van der Waals surface area contributed by atoms with E-state index in [1.54, 1.807) is 60.7 Å². The van der Waals surface area contributed by atoms with Crippen molar-refractivity contribution in [3.05, 3.63) is 75.8 Å². The quantitative estimate of drug-likeness (QED) is 0.322. The highest BCUT2D eigenvalue weighted by atomic mass is 79.9. The van der Waals surface area contributed by atoms with Crippen molar-refractivity contribution in [3.63, 3.8) is 0 Å². The number of aromatic nitrogens is 6. The minimum Gasteiger partial charge on any atom is -0.351 e. The fourth-order valence-electron chi connectivity index (χ4n) is 4.83. The molecule has 2 N–H and O–H groups in total. The fraction of sp³-hybridized carbons (Fsp3) is 0.231. The van der Waals surface area contributed by atoms with Crippen molar-refractivity contribution in [3.8, 4) is 5.69 Å². The van der Waals surface area contributed by atoms with E-state index in [4.69, 9.17) is 0 Å². The number of hydrogen-bond donors (Lipinski definition) is 2. The van der Waals surface area contributed by atoms with Gasteiger partial charge in [-0.2, -0.15) is 10.1 Å². The standard InChI is InChI=1S/C26H22BrFN8O2/c1-35-9-3-5-20(25(35)38)32-24(37)15-6-7-16(10-15)31-26-30-13-18-22(27)34-36(23(18)33-26)17-11-14-4-2-8-29-21(14)19(28)12-17/h2-5,8-9,11-13,15-16H,6-7,10H2,1H3,(H,32,37)(H,30,31,33)/t15-,16-/m1/s1. The highest BCUT2D eigenvalue weighted by Crippen LogP contribution is 2.30. The van der Waals surface area contributed by atoms with Gasteiger partial charge in [0.1, 0.15) is 15.8 Å². The van der Waals surface area contributed by atoms with Gasteiger partial charge in [0.05, 0.1) is 11.1 Å². The van der Waals surface area contributed by atoms with Crippen molar-refractivity contribution in [1.29, 1.82) is 0 Å². The Kier molecular flexibility index (Phi) is 6.10. The zero-order chi connectivity index (χ0) is 26.4. The topological polar surface area (TPSA) is 120 Å². The van der Waals surface area contributed by atoms with Gasteiger partial charge in [0.2, 0.25) is 11.9 Å². The number of halogens is 2. The summed E-state index contributed by atoms with van der Waals surface area (Å²) in [5, 5.41) is 11.9. The van der Waals surface area contributed by atoms with Gasteiger partial charge >= 0.3 is 0 Å². The Labute approximate surface area is 224 Å². The van der Waals surface area contributed by atoms with Crippen LogP contribution >= 0.6 is 15.9 Å². The van der Waals surface area contributed by atoms with Gasteiger partial charge in [-0.05, 0) is 59.5 Å². The Morgan fingerprint density at radius 2 is 2.05 bits per heavy atom. The summed E-state index contributed by atoms with van der Waals surface area (Å²) in [5.41, 5.74) is 1.32. The molecule has 12 heteroatoms. The van der Waals surface area contributed by atoms with Crippen LogP contribution < -0.4 is 16.2 Å². The SMILES string of the molecule is Cn1cccc(NC(=O)[C@@H]2CC[C@@H](Nc3ncc4c(Br)nn(-c5cc(F)c6ncccc6c5)c4n3)C2)c1=O. The number of benzene rings is 1. The first-order valence-electron chi connectivity index (χ1n) is 12.1. The summed E-state index contributed by atoms with van der Waals surface area (Å²) in [7, 11) is 1.64. The molecule has 4 heterocycles. The molecule has 2 atom stereocenters. The predicted molar refractivity (Wildman–Crippen MR) is 145 cm³/mol. The van der Waals surface area contributed by atoms with Crippen molar-refractivity contribution in [2.75, 3.05) is 10.6 Å². The van der Waals surface area contributed by atoms with Crippen LogP contribution in [0.4, 0.5) is 16.0 Å². The molecular weight excluding hydrogens is 555 g/mol. The van der Waals surface area contributed by atoms with Gasteiger partial charge in [0.25, 0.3) is 5.56 Å². The van der Waals surface area contributed by atoms with E-state index in [0.717, 1.165) is 6.42 Å². The molecule has 192 valence electrons. The van der Waals surface area contributed by atoms with E-state index >= 15 is 0 Å². The maximum atomic E-state index is 14.8. The van der Waals surface area contributed by atoms with Crippen molar-refractivity contribution < 1.29 is 9.18 Å². The Balaban J connectivity index is 1.22. The Bertz CT molecular complexity index is 1770. The molecule has 0 unspecified atom stereocenters. The highest BCUT2D eigenvalue weighted by molar-refractivity contribution is 9.10. The number of carbonyl (C=O) groups excluding carboxylic acids is 1. The second kappa shape index (κ2) is 9.60. The molecule has 6 rings (SSSR count). The minimum absolute atomic E-state index is 0.0224. The van der Waals surface area contributed by atoms with Gasteiger partial charge in [-0.3, -0.25) is 14.6 Å². The van der Waals surface area contributed by atoms with E-state index in [0.29, 0.717) is 45.5 Å². The molecule has 1 fully saturated rings. The summed E-state index contributed by atoms with van der Waals surface area (Å²) >= 11 is 3.45. The summed E-state index contributed by atoms with van der Waals surface area (Å²) in [5.74, 6) is -0.482. The Hall–Kier alpha value is -4.19. The predicted octanol–water partition coefficient (Wildman–Crippen LogP) is 4.18. The zero-order valence-corrected chi connectivity index (χ0v) is 21.8. The monoisotopic (exact) mass is 576 g/mol. The third-order valence-electron chi connectivity index (χ3n) is 6.78. The maximum absolute atomic E-state index is 14.8. The van der Waals surface area contributed by atoms with Gasteiger partial charge < -0.3 is 15.2 Å². The van der Waals surface area contributed by atoms with Crippen LogP contribution in [-0.4, -0.2) is 41.2 Å². The van der Waals surface area contributed by atoms with Crippen LogP contribution in [0.1, 0.15) is 19.3 Å². The lowest BCUT2D eigenvalue weighted by molar-refractivity contribution is -0.119. The van der Waals surface area contributed by atoms with Gasteiger partial charge in [-0.15, -0.1) is 0 Å². The van der Waals surface area contributed by atoms with Crippen LogP contribution in [-0.2, 0) is 11.8 Å². The molecule has 38 heavy (non-hydrogen) atoms. The largest absolute Gasteiger partial charge is 0.351 e. The number of nitrogens with one attached hydrogen (secondary N) is 2. The fourth-order valence-corrected chi connectivity index (χ4v) is 5.27. The van der Waals surface area contributed by atoms with Gasteiger partial charge in [-0.1, -0.05) is 6.07 Å². The van der Waals surface area contributed by atoms with E-state index in [9.17, 15) is 14.0 Å². The number of nitrogens with zero attached hydrogens (tertiary/aromatic N) is 6. The van der Waals surface area contributed by atoms with Gasteiger partial charge in [0.15, 0.2) is 11.5 Å². The van der Waals surface area contributed by atoms with Crippen LogP contribution in [0.2, 0.25) is 0 Å². The minimum atomic E-state index is -0.450. The summed E-state index contributed by atoms with van der Waals surface area (Å²) in [4.78, 5) is 38.2. The maximum Gasteiger partial charge on any atom is 0.274 e. The Morgan fingerprint density at radius 3 is 2.92 bits per heavy atom. The molecule has 1 aromatic carbocycles. The second-order valence-corrected chi connectivity index (χ2v) is 10.1. The number of anilines is 2. The lowest BCUT2D eigenvalue weighted by atomic mass is 10.1. The zero-order valence-electron chi connectivity index (χ0n) is 20.2. The molecule has 0 aliphatic heterocycles. The number of amides is 1. The van der Waals surface area contributed by atoms with Crippen molar-refractivity contribution >= 4 is 55.4 Å². The highest BCUT2D eigenvalue weighted by Gasteiger charge is 2.31. The number of hydrogen-bond acceptors (Lipinski definition) is 7. The summed E-state index contributed by atoms with van der Waals surface area (Å²) in [6.45, 7) is 0. The molecule has 0 bridgehead atoms. The van der Waals surface area contributed by atoms with Crippen LogP contribution in [0.5, 0.6) is 0 Å². The molecule has 0 spiro atoms. The first kappa shape index (κ1) is 24.2. The average molecular weight is 577 g/mol. The van der Waals surface area contributed by atoms with Crippen LogP contribution in [0.25, 0.3) is 27.6 Å². The lowest BCUT2D eigenvalue weighted by Gasteiger charge is -2.14. The van der Waals surface area contributed by atoms with Crippen molar-refractivity contribution in [1.82, 2.24) is 29.3 Å². The molecule has 0 saturated heterocycles. The van der Waals surface area contributed by atoms with Crippen LogP contribution in [0, 0.1) is 11.7 Å². The average Bonchev–Trinajstić information content (AvgIpc) is 3.51. The smallest absolute Gasteiger partial charge is 0.274 e. The second-order valence-electron chi connectivity index (χ2n) is 9.31. The first-order valence-corrected chi connectivity index (χ1v) is 12.9. The van der Waals surface area contributed by atoms with Crippen molar-refractivity contribution in [2.45, 2.75) is 25.3 Å². The lowest BCUT2D eigenvalue weighted by Crippen LogP contribution is -2.28. The molecule has 10 nitrogen and oxygen atoms in total. The van der Waals surface area contributed by atoms with Gasteiger partial charge in [0, 0.05) is 49.1 Å². The molecule has 1 aliphatic rings. The van der Waals surface area contributed by atoms with Crippen LogP contribution in [0.15, 0.2) is 64.4 Å². The van der Waals surface area contributed by atoms with E-state index in [1.807, 2.05) is 0 Å². The number of pyridine rings is 2. The molecule has 0 radical (unpaired) electrons. The molecule has 1 aliphatic carbocycles. The van der Waals surface area contributed by atoms with Crippen molar-refractivity contribution in [2.24, 2.45) is 13.0 Å². The van der Waals surface area contributed by atoms with E-state index in [-0.39, 0.29) is 34.6 Å². The van der Waals surface area contributed by atoms with Crippen LogP contribution in [0.3, 0.4) is 0 Å². The number of fused-ring (bicyclic) bond motifs is 2. The van der Waals surface area contributed by atoms with E-state index in [2.05, 4.69) is 46.6 Å². The first-order chi connectivity index (χ1) is 18.4. The molecule has 1 amide bonds. The molecule has 4 aromatic heterocycles. The summed E-state index contributed by atoms with van der Waals surface area (Å²) in [6, 6.07) is 10.0. The third-order valence-corrected chi connectivity index (χ3v) is 7.37. The van der Waals surface area contributed by atoms with Gasteiger partial charge in [-0.25, -0.2) is 14.1 Å². The molecule has 5 aromatic rings. The summed E-state index contributed by atoms with van der Waals surface area (Å²) < 4.78 is 18.3. The summed E-state index contributed by atoms with van der Waals surface area (Å²) in [6.07, 6.45) is 6.84. The number of aryl methyl sites for hydroxylation is 1. The third kappa shape index (κ3) is 4.40. The number of rotatable bonds is 5. The number of carbonyl (C=O) groups is 1. The normalized spacial score (nSPS) is 17.2. The Morgan fingerprint density at radius 1 is 1.18 bits per heavy atom.